The first kappa shape index (κ1) is 102. The van der Waals surface area contributed by atoms with Crippen LogP contribution in [0.4, 0.5) is 0 Å². The zero-order valence-corrected chi connectivity index (χ0v) is 71.0. The number of carboxylic acids is 1. The monoisotopic (exact) mass is 1470 g/mol. The number of hydrogen-bond donors (Lipinski definition) is 1. The molecule has 0 aliphatic rings. The van der Waals surface area contributed by atoms with Gasteiger partial charge in [0.05, 0.1) is 34.4 Å². The Hall–Kier alpha value is -2.23. The lowest BCUT2D eigenvalue weighted by Crippen LogP contribution is -2.40. The first-order valence-corrected chi connectivity index (χ1v) is 47.0. The van der Waals surface area contributed by atoms with Crippen LogP contribution < -0.4 is 0 Å². The molecule has 0 saturated carbocycles. The van der Waals surface area contributed by atoms with Crippen molar-refractivity contribution in [1.82, 2.24) is 0 Å². The van der Waals surface area contributed by atoms with Crippen LogP contribution in [0, 0.1) is 0 Å². The van der Waals surface area contributed by atoms with Gasteiger partial charge in [-0.3, -0.25) is 9.59 Å². The van der Waals surface area contributed by atoms with Gasteiger partial charge in [-0.15, -0.1) is 0 Å². The topological polar surface area (TPSA) is 108 Å². The fourth-order valence-corrected chi connectivity index (χ4v) is 14.8. The van der Waals surface area contributed by atoms with E-state index in [9.17, 15) is 19.5 Å². The molecule has 0 aromatic heterocycles. The van der Waals surface area contributed by atoms with Gasteiger partial charge in [0.15, 0.2) is 6.10 Å². The van der Waals surface area contributed by atoms with Crippen molar-refractivity contribution in [1.29, 1.82) is 0 Å². The zero-order chi connectivity index (χ0) is 75.3. The number of hydrogen-bond acceptors (Lipinski definition) is 7. The number of carbonyl (C=O) groups excluding carboxylic acids is 2. The highest BCUT2D eigenvalue weighted by Crippen LogP contribution is 2.22. The highest BCUT2D eigenvalue weighted by Gasteiger charge is 2.25. The van der Waals surface area contributed by atoms with Crippen molar-refractivity contribution >= 4 is 17.9 Å². The van der Waals surface area contributed by atoms with Gasteiger partial charge in [0.25, 0.3) is 6.29 Å². The SMILES string of the molecule is CCCCCCC/C=C\C/C=C\CCCCCCCCCCCCCCCCCCCCCCCCCCCCCC(=O)OC(COC(=O)CCCCCCCCCCCCCCCCCCCCCCCCCCCCCCCCCCCCCCCCCC)COC(OCC[N+](C)(C)C)C(=O)O. The van der Waals surface area contributed by atoms with Gasteiger partial charge in [0, 0.05) is 12.8 Å². The minimum atomic E-state index is -1.51. The van der Waals surface area contributed by atoms with E-state index in [1.165, 1.54) is 437 Å². The van der Waals surface area contributed by atoms with E-state index in [0.29, 0.717) is 17.4 Å². The molecule has 0 amide bonds. The molecule has 2 unspecified atom stereocenters. The van der Waals surface area contributed by atoms with Crippen LogP contribution in [0.1, 0.15) is 508 Å². The van der Waals surface area contributed by atoms with Crippen LogP contribution in [-0.4, -0.2) is 87.4 Å². The molecule has 0 radical (unpaired) electrons. The average Bonchev–Trinajstić information content (AvgIpc) is 1.13. The Morgan fingerprint density at radius 3 is 0.760 bits per heavy atom. The molecule has 616 valence electrons. The van der Waals surface area contributed by atoms with Crippen molar-refractivity contribution in [2.75, 3.05) is 47.5 Å². The third-order valence-corrected chi connectivity index (χ3v) is 22.0. The largest absolute Gasteiger partial charge is 0.477 e. The molecule has 0 aromatic carbocycles. The van der Waals surface area contributed by atoms with Crippen LogP contribution in [0.5, 0.6) is 0 Å². The van der Waals surface area contributed by atoms with Crippen LogP contribution >= 0.6 is 0 Å². The molecule has 0 bridgehead atoms. The number of rotatable bonds is 90. The van der Waals surface area contributed by atoms with Crippen molar-refractivity contribution in [2.45, 2.75) is 521 Å². The van der Waals surface area contributed by atoms with Crippen molar-refractivity contribution < 1.29 is 42.9 Å². The fourth-order valence-electron chi connectivity index (χ4n) is 14.8. The Bertz CT molecular complexity index is 1760. The minimum Gasteiger partial charge on any atom is -0.477 e. The van der Waals surface area contributed by atoms with E-state index in [2.05, 4.69) is 38.2 Å². The highest BCUT2D eigenvalue weighted by atomic mass is 16.7. The second kappa shape index (κ2) is 86.4. The van der Waals surface area contributed by atoms with Crippen LogP contribution in [0.3, 0.4) is 0 Å². The Labute approximate surface area is 649 Å². The summed E-state index contributed by atoms with van der Waals surface area (Å²) < 4.78 is 23.1. The first-order valence-electron chi connectivity index (χ1n) is 47.0. The molecule has 0 saturated heterocycles. The summed E-state index contributed by atoms with van der Waals surface area (Å²) in [5.41, 5.74) is 0. The van der Waals surface area contributed by atoms with Gasteiger partial charge in [-0.1, -0.05) is 475 Å². The number of allylic oxidation sites excluding steroid dienone is 4. The van der Waals surface area contributed by atoms with E-state index in [0.717, 1.165) is 44.9 Å². The summed E-state index contributed by atoms with van der Waals surface area (Å²) in [5, 5.41) is 9.80. The van der Waals surface area contributed by atoms with Crippen molar-refractivity contribution in [3.8, 4) is 0 Å². The van der Waals surface area contributed by atoms with Gasteiger partial charge < -0.3 is 28.5 Å². The molecular formula is C95H184NO8+. The third kappa shape index (κ3) is 87.0. The normalized spacial score (nSPS) is 12.6. The maximum absolute atomic E-state index is 13.0. The second-order valence-electron chi connectivity index (χ2n) is 33.7. The van der Waals surface area contributed by atoms with E-state index in [1.54, 1.807) is 0 Å². The summed E-state index contributed by atoms with van der Waals surface area (Å²) in [5.74, 6) is -1.96. The number of ether oxygens (including phenoxy) is 4. The van der Waals surface area contributed by atoms with Crippen LogP contribution in [0.2, 0.25) is 0 Å². The van der Waals surface area contributed by atoms with Gasteiger partial charge in [-0.05, 0) is 44.9 Å². The first-order chi connectivity index (χ1) is 51.1. The smallest absolute Gasteiger partial charge is 0.361 e. The van der Waals surface area contributed by atoms with Gasteiger partial charge >= 0.3 is 17.9 Å². The van der Waals surface area contributed by atoms with E-state index in [4.69, 9.17) is 18.9 Å². The lowest BCUT2D eigenvalue weighted by atomic mass is 10.0. The molecule has 104 heavy (non-hydrogen) atoms. The van der Waals surface area contributed by atoms with E-state index in [-0.39, 0.29) is 38.2 Å². The zero-order valence-electron chi connectivity index (χ0n) is 71.0. The summed E-state index contributed by atoms with van der Waals surface area (Å²) >= 11 is 0. The second-order valence-corrected chi connectivity index (χ2v) is 33.7. The lowest BCUT2D eigenvalue weighted by molar-refractivity contribution is -0.870. The van der Waals surface area contributed by atoms with Crippen LogP contribution in [0.25, 0.3) is 0 Å². The number of quaternary nitrogens is 1. The molecule has 0 heterocycles. The Balaban J connectivity index is 3.85. The quantitative estimate of drug-likeness (QED) is 0.0211. The van der Waals surface area contributed by atoms with Crippen molar-refractivity contribution in [3.63, 3.8) is 0 Å². The Kier molecular flexibility index (Phi) is 84.5. The number of carbonyl (C=O) groups is 3. The standard InChI is InChI=1S/C95H183NO8/c1-6-8-10-12-14-16-18-20-22-24-26-28-30-32-34-36-38-40-42-44-46-48-49-51-53-55-57-59-61-63-65-67-69-71-73-75-77-79-81-83-85-92(97)102-89-91(90-103-95(94(99)100)101-88-87-96(3,4)5)104-93(98)86-84-82-80-78-76-74-72-70-68-66-64-62-60-58-56-54-52-50-47-45-43-41-39-37-35-33-31-29-27-25-23-21-19-17-15-13-11-9-7-2/h19,21,25,27,91,95H,6-18,20,22-24,26,28-90H2,1-5H3/p+1/b21-19-,27-25-. The molecule has 0 rings (SSSR count). The molecule has 0 spiro atoms. The highest BCUT2D eigenvalue weighted by molar-refractivity contribution is 5.71. The molecular weight excluding hydrogens is 1280 g/mol. The summed E-state index contributed by atoms with van der Waals surface area (Å²) in [7, 11) is 6.01. The van der Waals surface area contributed by atoms with Gasteiger partial charge in [0.2, 0.25) is 0 Å². The molecule has 1 N–H and O–H groups in total. The number of carboxylic acid groups (broad SMARTS) is 1. The van der Waals surface area contributed by atoms with E-state index in [1.807, 2.05) is 21.1 Å². The predicted octanol–water partition coefficient (Wildman–Crippen LogP) is 30.8. The van der Waals surface area contributed by atoms with Crippen molar-refractivity contribution in [3.05, 3.63) is 24.3 Å². The molecule has 0 aliphatic heterocycles. The number of esters is 2. The van der Waals surface area contributed by atoms with Gasteiger partial charge in [0.1, 0.15) is 13.2 Å². The molecule has 0 aromatic rings. The summed E-state index contributed by atoms with van der Waals surface area (Å²) in [6.45, 7) is 4.97. The lowest BCUT2D eigenvalue weighted by Gasteiger charge is -2.25. The number of nitrogens with zero attached hydrogens (tertiary/aromatic N) is 1. The third-order valence-electron chi connectivity index (χ3n) is 22.0. The fraction of sp³-hybridized carbons (Fsp3) is 0.926. The van der Waals surface area contributed by atoms with E-state index >= 15 is 0 Å². The summed E-state index contributed by atoms with van der Waals surface area (Å²) in [4.78, 5) is 37.8. The minimum absolute atomic E-state index is 0.173. The number of aliphatic carboxylic acids is 1. The maximum atomic E-state index is 13.0. The summed E-state index contributed by atoms with van der Waals surface area (Å²) in [6.07, 6.45) is 110. The Morgan fingerprint density at radius 1 is 0.288 bits per heavy atom. The molecule has 9 nitrogen and oxygen atoms in total. The Morgan fingerprint density at radius 2 is 0.519 bits per heavy atom. The van der Waals surface area contributed by atoms with Gasteiger partial charge in [-0.25, -0.2) is 4.79 Å². The summed E-state index contributed by atoms with van der Waals surface area (Å²) in [6, 6.07) is 0. The average molecular weight is 1470 g/mol. The van der Waals surface area contributed by atoms with Crippen LogP contribution in [-0.2, 0) is 33.3 Å². The molecule has 2 atom stereocenters. The predicted molar refractivity (Wildman–Crippen MR) is 452 cm³/mol. The number of likely N-dealkylation sites (N-methyl/N-ethyl adjacent to an activating group) is 1. The van der Waals surface area contributed by atoms with Gasteiger partial charge in [-0.2, -0.15) is 0 Å². The molecule has 0 fully saturated rings. The number of unbranched alkanes of at least 4 members (excludes halogenated alkanes) is 71. The maximum Gasteiger partial charge on any atom is 0.361 e. The van der Waals surface area contributed by atoms with Crippen LogP contribution in [0.15, 0.2) is 24.3 Å². The molecule has 0 aliphatic carbocycles. The van der Waals surface area contributed by atoms with E-state index < -0.39 is 18.4 Å². The molecule has 9 heteroatoms. The van der Waals surface area contributed by atoms with Crippen molar-refractivity contribution in [2.24, 2.45) is 0 Å².